The summed E-state index contributed by atoms with van der Waals surface area (Å²) in [5, 5.41) is 9.26. The van der Waals surface area contributed by atoms with Crippen LogP contribution < -0.4 is 16.0 Å². The van der Waals surface area contributed by atoms with E-state index in [1.54, 1.807) is 0 Å². The molecule has 0 aliphatic carbocycles. The molecule has 64 valence electrons. The molecular weight excluding hydrogens is 138 g/mol. The Balaban J connectivity index is 4.35. The Labute approximate surface area is 68.9 Å². The van der Waals surface area contributed by atoms with Crippen molar-refractivity contribution in [2.45, 2.75) is 18.6 Å². The molecule has 0 amide bonds. The van der Waals surface area contributed by atoms with Crippen LogP contribution in [0, 0.1) is 12.3 Å². The maximum absolute atomic E-state index is 5.33. The van der Waals surface area contributed by atoms with Crippen molar-refractivity contribution in [3.8, 4) is 12.3 Å². The molecule has 0 saturated carbocycles. The second-order valence-corrected chi connectivity index (χ2v) is 2.59. The Morgan fingerprint density at radius 1 is 1.27 bits per heavy atom. The van der Waals surface area contributed by atoms with E-state index in [9.17, 15) is 0 Å². The van der Waals surface area contributed by atoms with Crippen molar-refractivity contribution in [2.24, 2.45) is 0 Å². The van der Waals surface area contributed by atoms with Gasteiger partial charge in [0.25, 0.3) is 0 Å². The Morgan fingerprint density at radius 3 is 1.82 bits per heavy atom. The zero-order valence-corrected chi connectivity index (χ0v) is 7.65. The summed E-state index contributed by atoms with van der Waals surface area (Å²) in [6, 6.07) is -0.0162. The predicted octanol–water partition coefficient (Wildman–Crippen LogP) is -0.637. The molecule has 0 aliphatic rings. The van der Waals surface area contributed by atoms with E-state index in [4.69, 9.17) is 6.42 Å². The lowest BCUT2D eigenvalue weighted by Gasteiger charge is -2.33. The summed E-state index contributed by atoms with van der Waals surface area (Å²) < 4.78 is 0. The fourth-order valence-electron chi connectivity index (χ4n) is 0.952. The van der Waals surface area contributed by atoms with Gasteiger partial charge in [0.15, 0.2) is 0 Å². The van der Waals surface area contributed by atoms with Crippen LogP contribution in [0.1, 0.15) is 6.92 Å². The fourth-order valence-corrected chi connectivity index (χ4v) is 0.952. The van der Waals surface area contributed by atoms with Crippen LogP contribution in [0.3, 0.4) is 0 Å². The lowest BCUT2D eigenvalue weighted by molar-refractivity contribution is 0.278. The Hall–Kier alpha value is -0.560. The first-order valence-corrected chi connectivity index (χ1v) is 3.65. The van der Waals surface area contributed by atoms with Crippen LogP contribution in [-0.4, -0.2) is 32.8 Å². The summed E-state index contributed by atoms with van der Waals surface area (Å²) >= 11 is 0. The highest BCUT2D eigenvalue weighted by molar-refractivity contribution is 5.09. The number of nitrogens with one attached hydrogen (secondary N) is 3. The summed E-state index contributed by atoms with van der Waals surface area (Å²) in [5.41, 5.74) is -0.247. The van der Waals surface area contributed by atoms with Crippen molar-refractivity contribution in [3.05, 3.63) is 0 Å². The summed E-state index contributed by atoms with van der Waals surface area (Å²) in [6.07, 6.45) is 5.33. The van der Waals surface area contributed by atoms with E-state index in [-0.39, 0.29) is 11.7 Å². The molecule has 1 atom stereocenters. The minimum Gasteiger partial charge on any atom is -0.304 e. The van der Waals surface area contributed by atoms with Crippen LogP contribution in [-0.2, 0) is 0 Å². The van der Waals surface area contributed by atoms with Crippen LogP contribution in [0.2, 0.25) is 0 Å². The molecule has 0 aromatic carbocycles. The van der Waals surface area contributed by atoms with Crippen molar-refractivity contribution >= 4 is 0 Å². The molecular formula is C8H17N3. The van der Waals surface area contributed by atoms with E-state index in [0.717, 1.165) is 0 Å². The van der Waals surface area contributed by atoms with Crippen molar-refractivity contribution < 1.29 is 0 Å². The van der Waals surface area contributed by atoms with Crippen molar-refractivity contribution in [2.75, 3.05) is 21.1 Å². The third-order valence-corrected chi connectivity index (χ3v) is 2.07. The molecule has 0 spiro atoms. The van der Waals surface area contributed by atoms with E-state index < -0.39 is 0 Å². The van der Waals surface area contributed by atoms with E-state index in [1.165, 1.54) is 0 Å². The summed E-state index contributed by atoms with van der Waals surface area (Å²) in [6.45, 7) is 2.01. The third-order valence-electron chi connectivity index (χ3n) is 2.07. The number of hydrogen-bond acceptors (Lipinski definition) is 3. The quantitative estimate of drug-likeness (QED) is 0.373. The molecule has 0 saturated heterocycles. The fraction of sp³-hybridized carbons (Fsp3) is 0.750. The SMILES string of the molecule is C#CC(NC)C(C)(NC)NC. The molecule has 0 aromatic heterocycles. The number of hydrogen-bond donors (Lipinski definition) is 3. The second-order valence-electron chi connectivity index (χ2n) is 2.59. The summed E-state index contributed by atoms with van der Waals surface area (Å²) in [5.74, 6) is 2.66. The van der Waals surface area contributed by atoms with Gasteiger partial charge in [-0.25, -0.2) is 0 Å². The first-order valence-electron chi connectivity index (χ1n) is 3.65. The van der Waals surface area contributed by atoms with Crippen molar-refractivity contribution in [1.29, 1.82) is 0 Å². The minimum atomic E-state index is -0.247. The van der Waals surface area contributed by atoms with Gasteiger partial charge in [0.1, 0.15) is 0 Å². The topological polar surface area (TPSA) is 36.1 Å². The zero-order valence-electron chi connectivity index (χ0n) is 7.65. The molecule has 1 unspecified atom stereocenters. The van der Waals surface area contributed by atoms with Gasteiger partial charge in [-0.15, -0.1) is 6.42 Å². The second kappa shape index (κ2) is 4.35. The van der Waals surface area contributed by atoms with Gasteiger partial charge in [0.05, 0.1) is 11.7 Å². The summed E-state index contributed by atoms with van der Waals surface area (Å²) in [4.78, 5) is 0. The maximum atomic E-state index is 5.33. The minimum absolute atomic E-state index is 0.0162. The molecule has 11 heavy (non-hydrogen) atoms. The van der Waals surface area contributed by atoms with Crippen molar-refractivity contribution in [1.82, 2.24) is 16.0 Å². The largest absolute Gasteiger partial charge is 0.304 e. The van der Waals surface area contributed by atoms with Gasteiger partial charge < -0.3 is 16.0 Å². The van der Waals surface area contributed by atoms with Gasteiger partial charge in [-0.1, -0.05) is 5.92 Å². The van der Waals surface area contributed by atoms with Gasteiger partial charge in [0, 0.05) is 0 Å². The highest BCUT2D eigenvalue weighted by Crippen LogP contribution is 2.02. The smallest absolute Gasteiger partial charge is 0.1000 e. The average Bonchev–Trinajstić information content (AvgIpc) is 2.06. The standard InChI is InChI=1S/C8H17N3/c1-6-7(9-3)8(2,10-4)11-5/h1,7,9-11H,2-5H3. The van der Waals surface area contributed by atoms with Gasteiger partial charge in [-0.3, -0.25) is 0 Å². The van der Waals surface area contributed by atoms with Gasteiger partial charge in [-0.05, 0) is 28.1 Å². The molecule has 3 nitrogen and oxygen atoms in total. The van der Waals surface area contributed by atoms with Crippen molar-refractivity contribution in [3.63, 3.8) is 0 Å². The molecule has 0 rings (SSSR count). The Kier molecular flexibility index (Phi) is 4.12. The third kappa shape index (κ3) is 2.19. The number of terminal acetylenes is 1. The summed E-state index contributed by atoms with van der Waals surface area (Å²) in [7, 11) is 5.59. The van der Waals surface area contributed by atoms with E-state index in [0.29, 0.717) is 0 Å². The maximum Gasteiger partial charge on any atom is 0.1000 e. The lowest BCUT2D eigenvalue weighted by atomic mass is 10.0. The monoisotopic (exact) mass is 155 g/mol. The average molecular weight is 155 g/mol. The Bertz CT molecular complexity index is 144. The number of likely N-dealkylation sites (N-methyl/N-ethyl adjacent to an activating group) is 3. The normalized spacial score (nSPS) is 14.1. The molecule has 3 N–H and O–H groups in total. The first kappa shape index (κ1) is 10.4. The van der Waals surface area contributed by atoms with Crippen LogP contribution >= 0.6 is 0 Å². The lowest BCUT2D eigenvalue weighted by Crippen LogP contribution is -2.63. The highest BCUT2D eigenvalue weighted by Gasteiger charge is 2.27. The van der Waals surface area contributed by atoms with E-state index in [2.05, 4.69) is 21.9 Å². The Morgan fingerprint density at radius 2 is 1.73 bits per heavy atom. The molecule has 0 fully saturated rings. The zero-order chi connectivity index (χ0) is 8.91. The first-order chi connectivity index (χ1) is 5.14. The highest BCUT2D eigenvalue weighted by atomic mass is 15.2. The van der Waals surface area contributed by atoms with Crippen LogP contribution in [0.25, 0.3) is 0 Å². The molecule has 3 heteroatoms. The molecule has 0 aromatic rings. The number of rotatable bonds is 4. The van der Waals surface area contributed by atoms with Crippen LogP contribution in [0.5, 0.6) is 0 Å². The van der Waals surface area contributed by atoms with Gasteiger partial charge >= 0.3 is 0 Å². The van der Waals surface area contributed by atoms with Crippen LogP contribution in [0.15, 0.2) is 0 Å². The predicted molar refractivity (Wildman–Crippen MR) is 48.2 cm³/mol. The molecule has 0 radical (unpaired) electrons. The molecule has 0 aliphatic heterocycles. The molecule has 0 bridgehead atoms. The van der Waals surface area contributed by atoms with Gasteiger partial charge in [-0.2, -0.15) is 0 Å². The van der Waals surface area contributed by atoms with E-state index in [1.807, 2.05) is 28.1 Å². The van der Waals surface area contributed by atoms with E-state index >= 15 is 0 Å². The van der Waals surface area contributed by atoms with Gasteiger partial charge in [0.2, 0.25) is 0 Å². The molecule has 0 heterocycles. The van der Waals surface area contributed by atoms with Crippen LogP contribution in [0.4, 0.5) is 0 Å².